The molecule has 0 bridgehead atoms. The van der Waals surface area contributed by atoms with E-state index < -0.39 is 0 Å². The molecule has 1 aliphatic rings. The molecule has 3 rings (SSSR count). The van der Waals surface area contributed by atoms with Crippen molar-refractivity contribution in [2.24, 2.45) is 0 Å². The lowest BCUT2D eigenvalue weighted by Gasteiger charge is -2.14. The van der Waals surface area contributed by atoms with Crippen molar-refractivity contribution in [2.45, 2.75) is 31.5 Å². The van der Waals surface area contributed by atoms with Crippen LogP contribution in [0.2, 0.25) is 19.1 Å². The number of fused-ring (bicyclic) bond motifs is 3. The number of alkyl carbamates (subject to hydrolysis) is 1. The highest BCUT2D eigenvalue weighted by molar-refractivity contribution is 6.55. The van der Waals surface area contributed by atoms with Crippen molar-refractivity contribution in [1.82, 2.24) is 5.32 Å². The molecule has 2 aromatic carbocycles. The maximum Gasteiger partial charge on any atom is 0.407 e. The van der Waals surface area contributed by atoms with Crippen LogP contribution in [0.3, 0.4) is 0 Å². The average Bonchev–Trinajstić information content (AvgIpc) is 2.91. The molecule has 0 unspecified atom stereocenters. The fourth-order valence-electron chi connectivity index (χ4n) is 3.28. The number of rotatable bonds is 6. The number of hydrogen-bond acceptors (Lipinski definition) is 2. The molecule has 1 radical (unpaired) electrons. The molecule has 0 aliphatic heterocycles. The molecule has 1 N–H and O–H groups in total. The van der Waals surface area contributed by atoms with Crippen LogP contribution in [0.4, 0.5) is 4.79 Å². The summed E-state index contributed by atoms with van der Waals surface area (Å²) in [6, 6.07) is 18.0. The zero-order valence-corrected chi connectivity index (χ0v) is 15.3. The number of hydrogen-bond donors (Lipinski definition) is 1. The molecule has 0 saturated carbocycles. The van der Waals surface area contributed by atoms with Crippen LogP contribution in [0.1, 0.15) is 23.5 Å². The molecule has 0 aromatic heterocycles. The van der Waals surface area contributed by atoms with Gasteiger partial charge in [0.05, 0.1) is 0 Å². The fourth-order valence-corrected chi connectivity index (χ4v) is 4.17. The highest BCUT2D eigenvalue weighted by Gasteiger charge is 2.28. The molecule has 0 atom stereocenters. The van der Waals surface area contributed by atoms with Gasteiger partial charge in [-0.3, -0.25) is 0 Å². The van der Waals surface area contributed by atoms with Crippen LogP contribution >= 0.6 is 0 Å². The number of carbonyl (C=O) groups is 1. The third kappa shape index (κ3) is 3.70. The Morgan fingerprint density at radius 1 is 1.04 bits per heavy atom. The van der Waals surface area contributed by atoms with E-state index in [0.717, 1.165) is 6.42 Å². The second kappa shape index (κ2) is 7.66. The van der Waals surface area contributed by atoms with Crippen LogP contribution in [-0.4, -0.2) is 28.0 Å². The van der Waals surface area contributed by atoms with Crippen molar-refractivity contribution in [1.29, 1.82) is 0 Å². The monoisotopic (exact) mass is 338 g/mol. The van der Waals surface area contributed by atoms with Crippen molar-refractivity contribution in [3.8, 4) is 11.1 Å². The van der Waals surface area contributed by atoms with Gasteiger partial charge in [0.1, 0.15) is 6.61 Å². The van der Waals surface area contributed by atoms with Gasteiger partial charge in [-0.05, 0) is 28.7 Å². The van der Waals surface area contributed by atoms with E-state index >= 15 is 0 Å². The Balaban J connectivity index is 1.60. The highest BCUT2D eigenvalue weighted by Crippen LogP contribution is 2.44. The predicted octanol–water partition coefficient (Wildman–Crippen LogP) is 4.67. The second-order valence-corrected chi connectivity index (χ2v) is 9.48. The topological polar surface area (TPSA) is 38.3 Å². The van der Waals surface area contributed by atoms with Crippen molar-refractivity contribution >= 4 is 14.9 Å². The molecule has 0 fully saturated rings. The first-order valence-electron chi connectivity index (χ1n) is 8.54. The van der Waals surface area contributed by atoms with Crippen LogP contribution < -0.4 is 5.32 Å². The normalized spacial score (nSPS) is 12.8. The standard InChI is InChI=1S/C20H24NO2Si/c1-24(2)13-7-12-21-20(22)23-14-19-17-10-5-3-8-15(17)16-9-4-6-11-18(16)19/h3-6,8-11,19H,7,12-14H2,1-2H3,(H,21,22). The maximum atomic E-state index is 11.9. The molecular formula is C20H24NO2Si. The van der Waals surface area contributed by atoms with Gasteiger partial charge in [0.25, 0.3) is 0 Å². The molecule has 125 valence electrons. The smallest absolute Gasteiger partial charge is 0.407 e. The van der Waals surface area contributed by atoms with Gasteiger partial charge in [0, 0.05) is 21.3 Å². The van der Waals surface area contributed by atoms with Gasteiger partial charge < -0.3 is 10.1 Å². The van der Waals surface area contributed by atoms with Crippen LogP contribution in [0.5, 0.6) is 0 Å². The Bertz CT molecular complexity index is 669. The second-order valence-electron chi connectivity index (χ2n) is 6.56. The summed E-state index contributed by atoms with van der Waals surface area (Å²) in [7, 11) is -0.216. The number of nitrogens with one attached hydrogen (secondary N) is 1. The third-order valence-electron chi connectivity index (χ3n) is 4.47. The molecule has 4 heteroatoms. The Labute approximate surface area is 145 Å². The molecule has 0 spiro atoms. The van der Waals surface area contributed by atoms with Gasteiger partial charge in [-0.1, -0.05) is 67.7 Å². The first-order valence-corrected chi connectivity index (χ1v) is 11.3. The van der Waals surface area contributed by atoms with Crippen LogP contribution in [0, 0.1) is 0 Å². The summed E-state index contributed by atoms with van der Waals surface area (Å²) in [4.78, 5) is 11.9. The zero-order chi connectivity index (χ0) is 16.9. The highest BCUT2D eigenvalue weighted by atomic mass is 28.3. The van der Waals surface area contributed by atoms with E-state index in [1.165, 1.54) is 28.3 Å². The average molecular weight is 339 g/mol. The van der Waals surface area contributed by atoms with E-state index in [2.05, 4.69) is 54.8 Å². The van der Waals surface area contributed by atoms with Crippen molar-refractivity contribution in [3.05, 3.63) is 59.7 Å². The minimum atomic E-state index is -0.308. The zero-order valence-electron chi connectivity index (χ0n) is 14.3. The van der Waals surface area contributed by atoms with Gasteiger partial charge in [0.2, 0.25) is 0 Å². The molecule has 1 aliphatic carbocycles. The molecule has 0 heterocycles. The summed E-state index contributed by atoms with van der Waals surface area (Å²) in [5.41, 5.74) is 5.00. The Kier molecular flexibility index (Phi) is 5.36. The number of ether oxygens (including phenoxy) is 1. The fraction of sp³-hybridized carbons (Fsp3) is 0.350. The molecule has 0 saturated heterocycles. The quantitative estimate of drug-likeness (QED) is 0.614. The summed E-state index contributed by atoms with van der Waals surface area (Å²) in [6.45, 7) is 5.67. The molecular weight excluding hydrogens is 314 g/mol. The summed E-state index contributed by atoms with van der Waals surface area (Å²) in [5, 5.41) is 2.87. The molecule has 1 amide bonds. The Hall–Kier alpha value is -2.07. The summed E-state index contributed by atoms with van der Waals surface area (Å²) >= 11 is 0. The van der Waals surface area contributed by atoms with E-state index in [1.54, 1.807) is 0 Å². The first kappa shape index (κ1) is 16.8. The number of benzene rings is 2. The van der Waals surface area contributed by atoms with Gasteiger partial charge >= 0.3 is 6.09 Å². The van der Waals surface area contributed by atoms with Crippen LogP contribution in [0.25, 0.3) is 11.1 Å². The van der Waals surface area contributed by atoms with Crippen molar-refractivity contribution in [2.75, 3.05) is 13.2 Å². The lowest BCUT2D eigenvalue weighted by molar-refractivity contribution is 0.143. The lowest BCUT2D eigenvalue weighted by Crippen LogP contribution is -2.27. The summed E-state index contributed by atoms with van der Waals surface area (Å²) in [6.07, 6.45) is 0.726. The van der Waals surface area contributed by atoms with E-state index in [9.17, 15) is 4.79 Å². The number of carbonyl (C=O) groups excluding carboxylic acids is 1. The van der Waals surface area contributed by atoms with Gasteiger partial charge in [0.15, 0.2) is 0 Å². The molecule has 3 nitrogen and oxygen atoms in total. The van der Waals surface area contributed by atoms with Gasteiger partial charge in [-0.2, -0.15) is 0 Å². The predicted molar refractivity (Wildman–Crippen MR) is 100.0 cm³/mol. The summed E-state index contributed by atoms with van der Waals surface area (Å²) < 4.78 is 5.50. The maximum absolute atomic E-state index is 11.9. The Morgan fingerprint density at radius 3 is 2.21 bits per heavy atom. The third-order valence-corrected chi connectivity index (χ3v) is 5.82. The number of amides is 1. The largest absolute Gasteiger partial charge is 0.449 e. The van der Waals surface area contributed by atoms with Crippen molar-refractivity contribution < 1.29 is 9.53 Å². The van der Waals surface area contributed by atoms with E-state index in [4.69, 9.17) is 4.74 Å². The van der Waals surface area contributed by atoms with E-state index in [-0.39, 0.29) is 20.8 Å². The SMILES string of the molecule is C[Si](C)CCCNC(=O)OCC1c2ccccc2-c2ccccc21. The summed E-state index contributed by atoms with van der Waals surface area (Å²) in [5.74, 6) is 0.129. The van der Waals surface area contributed by atoms with Crippen LogP contribution in [-0.2, 0) is 4.74 Å². The minimum absolute atomic E-state index is 0.129. The first-order chi connectivity index (χ1) is 11.7. The van der Waals surface area contributed by atoms with E-state index in [0.29, 0.717) is 13.2 Å². The van der Waals surface area contributed by atoms with Crippen molar-refractivity contribution in [3.63, 3.8) is 0 Å². The van der Waals surface area contributed by atoms with E-state index in [1.807, 2.05) is 12.1 Å². The molecule has 24 heavy (non-hydrogen) atoms. The minimum Gasteiger partial charge on any atom is -0.449 e. The lowest BCUT2D eigenvalue weighted by atomic mass is 9.98. The van der Waals surface area contributed by atoms with Gasteiger partial charge in [-0.15, -0.1) is 0 Å². The molecule has 2 aromatic rings. The Morgan fingerprint density at radius 2 is 1.62 bits per heavy atom. The van der Waals surface area contributed by atoms with Gasteiger partial charge in [-0.25, -0.2) is 4.79 Å². The van der Waals surface area contributed by atoms with Crippen LogP contribution in [0.15, 0.2) is 48.5 Å².